The first-order chi connectivity index (χ1) is 7.86. The molecule has 2 nitrogen and oxygen atoms in total. The molecule has 16 heavy (non-hydrogen) atoms. The van der Waals surface area contributed by atoms with Crippen LogP contribution in [0, 0.1) is 5.92 Å². The van der Waals surface area contributed by atoms with Crippen molar-refractivity contribution < 1.29 is 5.11 Å². The third-order valence-electron chi connectivity index (χ3n) is 3.39. The topological polar surface area (TPSA) is 25.2 Å². The van der Waals surface area contributed by atoms with Crippen LogP contribution in [-0.4, -0.2) is 16.3 Å². The zero-order valence-corrected chi connectivity index (χ0v) is 9.39. The van der Waals surface area contributed by atoms with Crippen LogP contribution in [0.4, 0.5) is 0 Å². The first-order valence-corrected chi connectivity index (χ1v) is 6.05. The molecule has 1 aromatic carbocycles. The first-order valence-electron chi connectivity index (χ1n) is 6.05. The Bertz CT molecular complexity index is 496. The molecule has 0 saturated heterocycles. The summed E-state index contributed by atoms with van der Waals surface area (Å²) >= 11 is 0. The smallest absolute Gasteiger partial charge is 0.0483 e. The third-order valence-corrected chi connectivity index (χ3v) is 3.39. The molecular weight excluding hydrogens is 198 g/mol. The standard InChI is InChI=1S/C14H17NO/c16-8-6-11-3-4-13-5-7-15(14(13)9-11)10-12-1-2-12/h3-5,7,9,12,16H,1-2,6,8,10H2. The number of benzene rings is 1. The van der Waals surface area contributed by atoms with Crippen LogP contribution in [0.15, 0.2) is 30.5 Å². The van der Waals surface area contributed by atoms with Gasteiger partial charge in [0, 0.05) is 24.9 Å². The number of hydrogen-bond donors (Lipinski definition) is 1. The fourth-order valence-electron chi connectivity index (χ4n) is 2.25. The summed E-state index contributed by atoms with van der Waals surface area (Å²) in [5.41, 5.74) is 2.54. The second kappa shape index (κ2) is 3.95. The lowest BCUT2D eigenvalue weighted by atomic mass is 10.1. The van der Waals surface area contributed by atoms with Gasteiger partial charge >= 0.3 is 0 Å². The highest BCUT2D eigenvalue weighted by Gasteiger charge is 2.21. The van der Waals surface area contributed by atoms with E-state index in [1.54, 1.807) is 0 Å². The number of aliphatic hydroxyl groups excluding tert-OH is 1. The Morgan fingerprint density at radius 3 is 2.88 bits per heavy atom. The first kappa shape index (κ1) is 9.91. The van der Waals surface area contributed by atoms with Crippen molar-refractivity contribution >= 4 is 10.9 Å². The molecule has 1 heterocycles. The summed E-state index contributed by atoms with van der Waals surface area (Å²) in [6.07, 6.45) is 5.71. The number of aromatic nitrogens is 1. The molecule has 1 fully saturated rings. The SMILES string of the molecule is OCCc1ccc2ccn(CC3CC3)c2c1. The number of nitrogens with zero attached hydrogens (tertiary/aromatic N) is 1. The van der Waals surface area contributed by atoms with Gasteiger partial charge in [-0.2, -0.15) is 0 Å². The molecule has 1 aliphatic rings. The van der Waals surface area contributed by atoms with Gasteiger partial charge in [-0.1, -0.05) is 12.1 Å². The minimum atomic E-state index is 0.231. The summed E-state index contributed by atoms with van der Waals surface area (Å²) < 4.78 is 2.36. The average molecular weight is 215 g/mol. The molecule has 2 heteroatoms. The van der Waals surface area contributed by atoms with Crippen molar-refractivity contribution in [2.24, 2.45) is 5.92 Å². The van der Waals surface area contributed by atoms with Crippen molar-refractivity contribution in [2.45, 2.75) is 25.8 Å². The van der Waals surface area contributed by atoms with Crippen LogP contribution in [-0.2, 0) is 13.0 Å². The average Bonchev–Trinajstić information content (AvgIpc) is 3.01. The van der Waals surface area contributed by atoms with Gasteiger partial charge < -0.3 is 9.67 Å². The van der Waals surface area contributed by atoms with Crippen molar-refractivity contribution in [3.63, 3.8) is 0 Å². The van der Waals surface area contributed by atoms with E-state index in [1.807, 2.05) is 0 Å². The van der Waals surface area contributed by atoms with Crippen LogP contribution >= 0.6 is 0 Å². The monoisotopic (exact) mass is 215 g/mol. The van der Waals surface area contributed by atoms with E-state index in [4.69, 9.17) is 5.11 Å². The summed E-state index contributed by atoms with van der Waals surface area (Å²) in [7, 11) is 0. The zero-order valence-electron chi connectivity index (χ0n) is 9.39. The number of rotatable bonds is 4. The minimum absolute atomic E-state index is 0.231. The molecular formula is C14H17NO. The number of aliphatic hydroxyl groups is 1. The van der Waals surface area contributed by atoms with Crippen molar-refractivity contribution in [1.82, 2.24) is 4.57 Å². The van der Waals surface area contributed by atoms with Gasteiger partial charge in [-0.3, -0.25) is 0 Å². The van der Waals surface area contributed by atoms with Crippen molar-refractivity contribution in [3.8, 4) is 0 Å². The Labute approximate surface area is 95.5 Å². The summed E-state index contributed by atoms with van der Waals surface area (Å²) in [5.74, 6) is 0.900. The van der Waals surface area contributed by atoms with Gasteiger partial charge in [0.05, 0.1) is 0 Å². The predicted molar refractivity (Wildman–Crippen MR) is 65.5 cm³/mol. The van der Waals surface area contributed by atoms with Crippen molar-refractivity contribution in [1.29, 1.82) is 0 Å². The van der Waals surface area contributed by atoms with E-state index in [0.717, 1.165) is 18.9 Å². The van der Waals surface area contributed by atoms with Gasteiger partial charge in [0.25, 0.3) is 0 Å². The Morgan fingerprint density at radius 2 is 2.12 bits per heavy atom. The highest BCUT2D eigenvalue weighted by atomic mass is 16.2. The zero-order chi connectivity index (χ0) is 11.0. The fraction of sp³-hybridized carbons (Fsp3) is 0.429. The maximum Gasteiger partial charge on any atom is 0.0483 e. The van der Waals surface area contributed by atoms with Crippen LogP contribution < -0.4 is 0 Å². The van der Waals surface area contributed by atoms with Crippen LogP contribution in [0.5, 0.6) is 0 Å². The predicted octanol–water partition coefficient (Wildman–Crippen LogP) is 2.59. The second-order valence-electron chi connectivity index (χ2n) is 4.78. The molecule has 1 N–H and O–H groups in total. The summed E-state index contributed by atoms with van der Waals surface area (Å²) in [4.78, 5) is 0. The lowest BCUT2D eigenvalue weighted by Gasteiger charge is -2.05. The Balaban J connectivity index is 1.97. The maximum absolute atomic E-state index is 8.96. The van der Waals surface area contributed by atoms with E-state index in [1.165, 1.54) is 29.3 Å². The molecule has 0 spiro atoms. The molecule has 2 aromatic rings. The van der Waals surface area contributed by atoms with E-state index in [-0.39, 0.29) is 6.61 Å². The summed E-state index contributed by atoms with van der Waals surface area (Å²) in [6.45, 7) is 1.39. The quantitative estimate of drug-likeness (QED) is 0.833. The van der Waals surface area contributed by atoms with Crippen LogP contribution in [0.2, 0.25) is 0 Å². The molecule has 0 unspecified atom stereocenters. The maximum atomic E-state index is 8.96. The Kier molecular flexibility index (Phi) is 2.44. The summed E-state index contributed by atoms with van der Waals surface area (Å²) in [5, 5.41) is 10.3. The normalized spacial score (nSPS) is 15.8. The molecule has 0 atom stereocenters. The van der Waals surface area contributed by atoms with Gasteiger partial charge in [-0.15, -0.1) is 0 Å². The molecule has 84 valence electrons. The van der Waals surface area contributed by atoms with Gasteiger partial charge in [-0.25, -0.2) is 0 Å². The fourth-order valence-corrected chi connectivity index (χ4v) is 2.25. The molecule has 0 radical (unpaired) electrons. The van der Waals surface area contributed by atoms with Crippen LogP contribution in [0.25, 0.3) is 10.9 Å². The molecule has 1 aromatic heterocycles. The molecule has 0 amide bonds. The molecule has 3 rings (SSSR count). The van der Waals surface area contributed by atoms with Gasteiger partial charge in [0.1, 0.15) is 0 Å². The highest BCUT2D eigenvalue weighted by Crippen LogP contribution is 2.32. The molecule has 0 bridgehead atoms. The van der Waals surface area contributed by atoms with E-state index in [9.17, 15) is 0 Å². The van der Waals surface area contributed by atoms with Gasteiger partial charge in [-0.05, 0) is 48.3 Å². The minimum Gasteiger partial charge on any atom is -0.396 e. The van der Waals surface area contributed by atoms with Crippen LogP contribution in [0.3, 0.4) is 0 Å². The Morgan fingerprint density at radius 1 is 1.25 bits per heavy atom. The van der Waals surface area contributed by atoms with Gasteiger partial charge in [0.15, 0.2) is 0 Å². The van der Waals surface area contributed by atoms with Crippen LogP contribution in [0.1, 0.15) is 18.4 Å². The summed E-state index contributed by atoms with van der Waals surface area (Å²) in [6, 6.07) is 8.66. The molecule has 1 saturated carbocycles. The molecule has 0 aliphatic heterocycles. The van der Waals surface area contributed by atoms with Crippen molar-refractivity contribution in [2.75, 3.05) is 6.61 Å². The number of fused-ring (bicyclic) bond motifs is 1. The third kappa shape index (κ3) is 1.85. The lowest BCUT2D eigenvalue weighted by Crippen LogP contribution is -1.98. The highest BCUT2D eigenvalue weighted by molar-refractivity contribution is 5.80. The molecule has 1 aliphatic carbocycles. The van der Waals surface area contributed by atoms with E-state index >= 15 is 0 Å². The second-order valence-corrected chi connectivity index (χ2v) is 4.78. The van der Waals surface area contributed by atoms with E-state index in [0.29, 0.717) is 0 Å². The largest absolute Gasteiger partial charge is 0.396 e. The van der Waals surface area contributed by atoms with Gasteiger partial charge in [0.2, 0.25) is 0 Å². The van der Waals surface area contributed by atoms with Crippen molar-refractivity contribution in [3.05, 3.63) is 36.0 Å². The van der Waals surface area contributed by atoms with E-state index in [2.05, 4.69) is 35.0 Å². The Hall–Kier alpha value is -1.28. The lowest BCUT2D eigenvalue weighted by molar-refractivity contribution is 0.299. The number of hydrogen-bond acceptors (Lipinski definition) is 1. The van der Waals surface area contributed by atoms with E-state index < -0.39 is 0 Å².